The second kappa shape index (κ2) is 12.0. The SMILES string of the molecule is COc1cccc(CCOC(=O)Nc2cn3ccc(C#N)c(Nc4ccc(Oc5ccccc5)cc4)c3c2C)c1. The highest BCUT2D eigenvalue weighted by Crippen LogP contribution is 2.34. The number of fused-ring (bicyclic) bond motifs is 1. The molecule has 2 aromatic heterocycles. The molecule has 2 heterocycles. The summed E-state index contributed by atoms with van der Waals surface area (Å²) < 4.78 is 18.4. The predicted molar refractivity (Wildman–Crippen MR) is 155 cm³/mol. The van der Waals surface area contributed by atoms with E-state index in [2.05, 4.69) is 16.7 Å². The second-order valence-corrected chi connectivity index (χ2v) is 9.07. The maximum Gasteiger partial charge on any atom is 0.411 e. The summed E-state index contributed by atoms with van der Waals surface area (Å²) in [6, 6.07) is 28.7. The molecule has 0 saturated carbocycles. The van der Waals surface area contributed by atoms with Crippen molar-refractivity contribution in [1.82, 2.24) is 4.40 Å². The lowest BCUT2D eigenvalue weighted by molar-refractivity contribution is 0.163. The average Bonchev–Trinajstić information content (AvgIpc) is 3.29. The number of aromatic nitrogens is 1. The monoisotopic (exact) mass is 532 g/mol. The van der Waals surface area contributed by atoms with Gasteiger partial charge in [0.25, 0.3) is 0 Å². The molecule has 0 aliphatic heterocycles. The third-order valence-corrected chi connectivity index (χ3v) is 6.41. The topological polar surface area (TPSA) is 97.0 Å². The number of ether oxygens (including phenoxy) is 3. The van der Waals surface area contributed by atoms with Crippen LogP contribution in [0.3, 0.4) is 0 Å². The summed E-state index contributed by atoms with van der Waals surface area (Å²) in [5.74, 6) is 2.21. The van der Waals surface area contributed by atoms with Gasteiger partial charge in [-0.15, -0.1) is 0 Å². The molecule has 1 amide bonds. The van der Waals surface area contributed by atoms with Crippen molar-refractivity contribution in [3.63, 3.8) is 0 Å². The quantitative estimate of drug-likeness (QED) is 0.205. The van der Waals surface area contributed by atoms with Gasteiger partial charge >= 0.3 is 6.09 Å². The number of hydrogen-bond acceptors (Lipinski definition) is 6. The lowest BCUT2D eigenvalue weighted by atomic mass is 10.1. The number of nitrogens with one attached hydrogen (secondary N) is 2. The van der Waals surface area contributed by atoms with Gasteiger partial charge in [-0.1, -0.05) is 30.3 Å². The number of methoxy groups -OCH3 is 1. The molecule has 5 rings (SSSR count). The zero-order valence-corrected chi connectivity index (χ0v) is 22.2. The lowest BCUT2D eigenvalue weighted by Crippen LogP contribution is -2.15. The zero-order chi connectivity index (χ0) is 27.9. The summed E-state index contributed by atoms with van der Waals surface area (Å²) in [5, 5.41) is 16.0. The zero-order valence-electron chi connectivity index (χ0n) is 22.2. The molecule has 0 aliphatic rings. The molecule has 0 aliphatic carbocycles. The fourth-order valence-corrected chi connectivity index (χ4v) is 4.38. The number of amides is 1. The van der Waals surface area contributed by atoms with Gasteiger partial charge in [-0.25, -0.2) is 4.79 Å². The van der Waals surface area contributed by atoms with Gasteiger partial charge in [0.1, 0.15) is 23.3 Å². The van der Waals surface area contributed by atoms with Crippen LogP contribution in [0.1, 0.15) is 16.7 Å². The van der Waals surface area contributed by atoms with Crippen LogP contribution in [0.5, 0.6) is 17.2 Å². The van der Waals surface area contributed by atoms with Crippen LogP contribution >= 0.6 is 0 Å². The van der Waals surface area contributed by atoms with Gasteiger partial charge in [-0.2, -0.15) is 5.26 Å². The number of nitriles is 1. The summed E-state index contributed by atoms with van der Waals surface area (Å²) in [4.78, 5) is 12.6. The van der Waals surface area contributed by atoms with E-state index < -0.39 is 6.09 Å². The van der Waals surface area contributed by atoms with Crippen molar-refractivity contribution >= 4 is 28.7 Å². The minimum absolute atomic E-state index is 0.223. The number of benzene rings is 3. The van der Waals surface area contributed by atoms with Gasteiger partial charge in [0.2, 0.25) is 0 Å². The summed E-state index contributed by atoms with van der Waals surface area (Å²) >= 11 is 0. The van der Waals surface area contributed by atoms with Crippen molar-refractivity contribution in [3.05, 3.63) is 114 Å². The molecular formula is C32H28N4O4. The molecule has 0 radical (unpaired) electrons. The number of carbonyl (C=O) groups is 1. The van der Waals surface area contributed by atoms with Crippen LogP contribution in [0.2, 0.25) is 0 Å². The molecule has 0 fully saturated rings. The molecule has 200 valence electrons. The van der Waals surface area contributed by atoms with Crippen LogP contribution in [-0.4, -0.2) is 24.2 Å². The first kappa shape index (κ1) is 26.2. The second-order valence-electron chi connectivity index (χ2n) is 9.07. The van der Waals surface area contributed by atoms with E-state index in [1.807, 2.05) is 90.2 Å². The largest absolute Gasteiger partial charge is 0.497 e. The van der Waals surface area contributed by atoms with Crippen LogP contribution < -0.4 is 20.1 Å². The van der Waals surface area contributed by atoms with Gasteiger partial charge in [0.15, 0.2) is 0 Å². The van der Waals surface area contributed by atoms with Crippen molar-refractivity contribution in [1.29, 1.82) is 5.26 Å². The third kappa shape index (κ3) is 6.00. The van der Waals surface area contributed by atoms with Crippen LogP contribution in [0, 0.1) is 18.3 Å². The number of nitrogens with zero attached hydrogens (tertiary/aromatic N) is 2. The Morgan fingerprint density at radius 3 is 2.45 bits per heavy atom. The van der Waals surface area contributed by atoms with Gasteiger partial charge in [0, 0.05) is 30.1 Å². The molecule has 0 saturated heterocycles. The van der Waals surface area contributed by atoms with E-state index >= 15 is 0 Å². The molecule has 0 unspecified atom stereocenters. The number of para-hydroxylation sites is 1. The van der Waals surface area contributed by atoms with Gasteiger partial charge in [-0.3, -0.25) is 5.32 Å². The molecule has 0 atom stereocenters. The van der Waals surface area contributed by atoms with Crippen molar-refractivity contribution < 1.29 is 19.0 Å². The fourth-order valence-electron chi connectivity index (χ4n) is 4.38. The van der Waals surface area contributed by atoms with Crippen LogP contribution in [0.15, 0.2) is 97.3 Å². The smallest absolute Gasteiger partial charge is 0.411 e. The maximum atomic E-state index is 12.6. The first-order valence-electron chi connectivity index (χ1n) is 12.7. The average molecular weight is 533 g/mol. The first-order valence-corrected chi connectivity index (χ1v) is 12.7. The van der Waals surface area contributed by atoms with E-state index in [4.69, 9.17) is 14.2 Å². The Balaban J connectivity index is 1.29. The number of rotatable bonds is 9. The molecule has 0 spiro atoms. The van der Waals surface area contributed by atoms with Crippen LogP contribution in [-0.2, 0) is 11.2 Å². The molecule has 40 heavy (non-hydrogen) atoms. The van der Waals surface area contributed by atoms with E-state index in [0.717, 1.165) is 33.8 Å². The normalized spacial score (nSPS) is 10.5. The Morgan fingerprint density at radius 1 is 0.950 bits per heavy atom. The molecule has 3 aromatic carbocycles. The number of aryl methyl sites for hydroxylation is 1. The minimum atomic E-state index is -0.550. The van der Waals surface area contributed by atoms with E-state index in [0.29, 0.717) is 29.1 Å². The van der Waals surface area contributed by atoms with Crippen molar-refractivity contribution in [2.45, 2.75) is 13.3 Å². The summed E-state index contributed by atoms with van der Waals surface area (Å²) in [6.45, 7) is 2.12. The fraction of sp³-hybridized carbons (Fsp3) is 0.125. The summed E-state index contributed by atoms with van der Waals surface area (Å²) in [5.41, 5.74) is 5.08. The molecule has 8 heteroatoms. The highest BCUT2D eigenvalue weighted by molar-refractivity contribution is 5.93. The van der Waals surface area contributed by atoms with Crippen LogP contribution in [0.4, 0.5) is 21.9 Å². The number of pyridine rings is 1. The highest BCUT2D eigenvalue weighted by Gasteiger charge is 2.17. The Kier molecular flexibility index (Phi) is 7.84. The Labute approximate surface area is 232 Å². The number of anilines is 3. The number of hydrogen-bond donors (Lipinski definition) is 2. The van der Waals surface area contributed by atoms with E-state index in [-0.39, 0.29) is 6.61 Å². The van der Waals surface area contributed by atoms with E-state index in [9.17, 15) is 10.1 Å². The first-order chi connectivity index (χ1) is 19.5. The molecule has 2 N–H and O–H groups in total. The lowest BCUT2D eigenvalue weighted by Gasteiger charge is -2.13. The molecule has 0 bridgehead atoms. The highest BCUT2D eigenvalue weighted by atomic mass is 16.5. The Morgan fingerprint density at radius 2 is 1.70 bits per heavy atom. The molecule has 5 aromatic rings. The van der Waals surface area contributed by atoms with Crippen molar-refractivity contribution in [2.24, 2.45) is 0 Å². The van der Waals surface area contributed by atoms with Gasteiger partial charge < -0.3 is 23.9 Å². The standard InChI is InChI=1S/C32H28N4O4/c1-22-29(35-32(37)39-18-16-23-7-6-10-28(19-23)38-2)21-36-17-15-24(20-33)30(31(22)36)34-25-11-13-27(14-12-25)40-26-8-4-3-5-9-26/h3-15,17,19,21,34H,16,18H2,1-2H3,(H,35,37). The summed E-state index contributed by atoms with van der Waals surface area (Å²) in [6.07, 6.45) is 3.61. The Hall–Kier alpha value is -5.42. The minimum Gasteiger partial charge on any atom is -0.497 e. The molecule has 8 nitrogen and oxygen atoms in total. The van der Waals surface area contributed by atoms with Crippen LogP contribution in [0.25, 0.3) is 5.52 Å². The van der Waals surface area contributed by atoms with E-state index in [1.54, 1.807) is 25.6 Å². The van der Waals surface area contributed by atoms with Gasteiger partial charge in [0.05, 0.1) is 36.2 Å². The maximum absolute atomic E-state index is 12.6. The number of carbonyl (C=O) groups excluding carboxylic acids is 1. The third-order valence-electron chi connectivity index (χ3n) is 6.41. The van der Waals surface area contributed by atoms with E-state index in [1.165, 1.54) is 0 Å². The van der Waals surface area contributed by atoms with Crippen molar-refractivity contribution in [2.75, 3.05) is 24.4 Å². The Bertz CT molecular complexity index is 1670. The summed E-state index contributed by atoms with van der Waals surface area (Å²) in [7, 11) is 1.62. The van der Waals surface area contributed by atoms with Crippen molar-refractivity contribution in [3.8, 4) is 23.3 Å². The molecular weight excluding hydrogens is 504 g/mol. The van der Waals surface area contributed by atoms with Gasteiger partial charge in [-0.05, 0) is 67.1 Å². The predicted octanol–water partition coefficient (Wildman–Crippen LogP) is 7.46.